The lowest BCUT2D eigenvalue weighted by Crippen LogP contribution is -2.33. The van der Waals surface area contributed by atoms with Crippen LogP contribution in [0.5, 0.6) is 0 Å². The van der Waals surface area contributed by atoms with E-state index in [-0.39, 0.29) is 10.7 Å². The van der Waals surface area contributed by atoms with Crippen LogP contribution in [0.25, 0.3) is 0 Å². The standard InChI is InChI=1S/C16H9F3N2O2S/c17-16(18,19)10-6-8-12(9-7-10)20-13(22)14(24)21(15(20)23)11-4-2-1-3-5-11/h1-9H. The normalized spacial score (nSPS) is 15.4. The van der Waals surface area contributed by atoms with Crippen molar-refractivity contribution in [2.24, 2.45) is 0 Å². The lowest BCUT2D eigenvalue weighted by molar-refractivity contribution is -0.137. The molecule has 1 heterocycles. The number of halogens is 3. The van der Waals surface area contributed by atoms with E-state index >= 15 is 0 Å². The number of hydrogen-bond donors (Lipinski definition) is 0. The molecule has 0 saturated carbocycles. The lowest BCUT2D eigenvalue weighted by Gasteiger charge is -2.17. The Labute approximate surface area is 140 Å². The molecule has 24 heavy (non-hydrogen) atoms. The summed E-state index contributed by atoms with van der Waals surface area (Å²) in [5.41, 5.74) is -0.429. The second kappa shape index (κ2) is 5.72. The molecule has 0 aliphatic carbocycles. The molecule has 0 bridgehead atoms. The Kier molecular flexibility index (Phi) is 3.84. The van der Waals surface area contributed by atoms with Gasteiger partial charge in [0, 0.05) is 0 Å². The quantitative estimate of drug-likeness (QED) is 0.607. The van der Waals surface area contributed by atoms with E-state index in [2.05, 4.69) is 0 Å². The molecule has 0 atom stereocenters. The second-order valence-corrected chi connectivity index (χ2v) is 5.33. The molecule has 0 spiro atoms. The van der Waals surface area contributed by atoms with Crippen molar-refractivity contribution in [1.29, 1.82) is 0 Å². The van der Waals surface area contributed by atoms with Crippen molar-refractivity contribution in [1.82, 2.24) is 0 Å². The van der Waals surface area contributed by atoms with Crippen LogP contribution < -0.4 is 9.80 Å². The highest BCUT2D eigenvalue weighted by Gasteiger charge is 2.43. The van der Waals surface area contributed by atoms with Crippen LogP contribution in [-0.2, 0) is 11.0 Å². The number of hydrogen-bond acceptors (Lipinski definition) is 3. The van der Waals surface area contributed by atoms with Crippen LogP contribution >= 0.6 is 12.2 Å². The van der Waals surface area contributed by atoms with Gasteiger partial charge in [0.2, 0.25) is 0 Å². The summed E-state index contributed by atoms with van der Waals surface area (Å²) in [6, 6.07) is 11.3. The topological polar surface area (TPSA) is 40.6 Å². The predicted octanol–water partition coefficient (Wildman–Crippen LogP) is 4.01. The van der Waals surface area contributed by atoms with Gasteiger partial charge in [0.05, 0.1) is 16.9 Å². The molecule has 0 radical (unpaired) electrons. The predicted molar refractivity (Wildman–Crippen MR) is 85.8 cm³/mol. The Morgan fingerprint density at radius 1 is 0.792 bits per heavy atom. The van der Waals surface area contributed by atoms with E-state index in [1.54, 1.807) is 30.3 Å². The van der Waals surface area contributed by atoms with E-state index in [1.807, 2.05) is 0 Å². The smallest absolute Gasteiger partial charge is 0.265 e. The molecular weight excluding hydrogens is 341 g/mol. The average molecular weight is 350 g/mol. The highest BCUT2D eigenvalue weighted by atomic mass is 32.1. The molecule has 8 heteroatoms. The van der Waals surface area contributed by atoms with E-state index in [9.17, 15) is 22.8 Å². The summed E-state index contributed by atoms with van der Waals surface area (Å²) in [5, 5.41) is 0. The maximum absolute atomic E-state index is 12.6. The zero-order chi connectivity index (χ0) is 17.5. The SMILES string of the molecule is O=C1C(=S)N(c2ccccc2)C(=O)N1c1ccc(C(F)(F)F)cc1. The number of thiocarbonyl (C=S) groups is 1. The monoisotopic (exact) mass is 350 g/mol. The Hall–Kier alpha value is -2.74. The molecule has 1 saturated heterocycles. The van der Waals surface area contributed by atoms with Gasteiger partial charge in [-0.25, -0.2) is 14.6 Å². The van der Waals surface area contributed by atoms with E-state index < -0.39 is 23.7 Å². The fraction of sp³-hybridized carbons (Fsp3) is 0.0625. The number of urea groups is 1. The number of carbonyl (C=O) groups excluding carboxylic acids is 2. The van der Waals surface area contributed by atoms with Crippen LogP contribution in [0.15, 0.2) is 54.6 Å². The Morgan fingerprint density at radius 3 is 1.88 bits per heavy atom. The minimum Gasteiger partial charge on any atom is -0.265 e. The van der Waals surface area contributed by atoms with Crippen LogP contribution in [0.1, 0.15) is 5.56 Å². The van der Waals surface area contributed by atoms with Gasteiger partial charge in [-0.1, -0.05) is 30.4 Å². The number of para-hydroxylation sites is 1. The first-order valence-corrected chi connectivity index (χ1v) is 7.16. The van der Waals surface area contributed by atoms with E-state index in [0.717, 1.165) is 34.1 Å². The molecule has 1 aliphatic heterocycles. The fourth-order valence-electron chi connectivity index (χ4n) is 2.30. The molecule has 4 nitrogen and oxygen atoms in total. The van der Waals surface area contributed by atoms with Gasteiger partial charge in [-0.05, 0) is 36.4 Å². The van der Waals surface area contributed by atoms with Gasteiger partial charge in [0.1, 0.15) is 0 Å². The third kappa shape index (κ3) is 2.65. The van der Waals surface area contributed by atoms with Crippen molar-refractivity contribution in [2.75, 3.05) is 9.80 Å². The van der Waals surface area contributed by atoms with Gasteiger partial charge < -0.3 is 0 Å². The van der Waals surface area contributed by atoms with Crippen LogP contribution in [0.4, 0.5) is 29.3 Å². The number of carbonyl (C=O) groups is 2. The molecule has 3 rings (SSSR count). The first-order valence-electron chi connectivity index (χ1n) is 6.75. The van der Waals surface area contributed by atoms with E-state index in [1.165, 1.54) is 0 Å². The van der Waals surface area contributed by atoms with Gasteiger partial charge in [0.25, 0.3) is 5.91 Å². The number of alkyl halides is 3. The molecule has 0 aromatic heterocycles. The summed E-state index contributed by atoms with van der Waals surface area (Å²) in [6.07, 6.45) is -4.50. The first-order chi connectivity index (χ1) is 11.3. The number of amides is 3. The van der Waals surface area contributed by atoms with Gasteiger partial charge in [-0.15, -0.1) is 0 Å². The Morgan fingerprint density at radius 2 is 1.33 bits per heavy atom. The highest BCUT2D eigenvalue weighted by Crippen LogP contribution is 2.32. The maximum atomic E-state index is 12.6. The molecule has 0 N–H and O–H groups in total. The average Bonchev–Trinajstić information content (AvgIpc) is 2.77. The molecule has 0 unspecified atom stereocenters. The summed E-state index contributed by atoms with van der Waals surface area (Å²) in [5.74, 6) is -0.751. The minimum absolute atomic E-state index is 0.0266. The highest BCUT2D eigenvalue weighted by molar-refractivity contribution is 7.82. The van der Waals surface area contributed by atoms with Crippen molar-refractivity contribution in [3.05, 3.63) is 60.2 Å². The number of rotatable bonds is 2. The number of nitrogens with zero attached hydrogens (tertiary/aromatic N) is 2. The third-order valence-corrected chi connectivity index (χ3v) is 3.80. The second-order valence-electron chi connectivity index (χ2n) is 4.94. The fourth-order valence-corrected chi connectivity index (χ4v) is 2.57. The summed E-state index contributed by atoms with van der Waals surface area (Å²) < 4.78 is 37.9. The van der Waals surface area contributed by atoms with Gasteiger partial charge >= 0.3 is 12.2 Å². The number of benzene rings is 2. The van der Waals surface area contributed by atoms with E-state index in [0.29, 0.717) is 5.69 Å². The van der Waals surface area contributed by atoms with Crippen molar-refractivity contribution < 1.29 is 22.8 Å². The first kappa shape index (κ1) is 16.1. The zero-order valence-corrected chi connectivity index (χ0v) is 12.8. The van der Waals surface area contributed by atoms with Crippen LogP contribution in [0.3, 0.4) is 0 Å². The van der Waals surface area contributed by atoms with Crippen molar-refractivity contribution in [3.63, 3.8) is 0 Å². The molecule has 1 aliphatic rings. The number of imide groups is 1. The maximum Gasteiger partial charge on any atom is 0.416 e. The zero-order valence-electron chi connectivity index (χ0n) is 11.9. The third-order valence-electron chi connectivity index (χ3n) is 3.44. The molecular formula is C16H9F3N2O2S. The lowest BCUT2D eigenvalue weighted by atomic mass is 10.2. The van der Waals surface area contributed by atoms with Crippen molar-refractivity contribution >= 4 is 40.5 Å². The summed E-state index contributed by atoms with van der Waals surface area (Å²) in [6.45, 7) is 0. The molecule has 3 amide bonds. The summed E-state index contributed by atoms with van der Waals surface area (Å²) >= 11 is 5.02. The Balaban J connectivity index is 1.96. The molecule has 122 valence electrons. The summed E-state index contributed by atoms with van der Waals surface area (Å²) in [7, 11) is 0. The largest absolute Gasteiger partial charge is 0.416 e. The van der Waals surface area contributed by atoms with Crippen LogP contribution in [-0.4, -0.2) is 16.9 Å². The van der Waals surface area contributed by atoms with Crippen LogP contribution in [0.2, 0.25) is 0 Å². The summed E-state index contributed by atoms with van der Waals surface area (Å²) in [4.78, 5) is 26.4. The molecule has 2 aromatic rings. The molecule has 2 aromatic carbocycles. The number of anilines is 2. The molecule has 1 fully saturated rings. The van der Waals surface area contributed by atoms with Gasteiger partial charge in [0.15, 0.2) is 4.99 Å². The van der Waals surface area contributed by atoms with Crippen molar-refractivity contribution in [2.45, 2.75) is 6.18 Å². The van der Waals surface area contributed by atoms with Crippen molar-refractivity contribution in [3.8, 4) is 0 Å². The minimum atomic E-state index is -4.50. The van der Waals surface area contributed by atoms with Crippen LogP contribution in [0, 0.1) is 0 Å². The van der Waals surface area contributed by atoms with E-state index in [4.69, 9.17) is 12.2 Å². The van der Waals surface area contributed by atoms with Gasteiger partial charge in [-0.3, -0.25) is 4.79 Å². The van der Waals surface area contributed by atoms with Gasteiger partial charge in [-0.2, -0.15) is 13.2 Å². The Bertz CT molecular complexity index is 819.